The largest absolute Gasteiger partial charge is 0.374 e. The third-order valence-electron chi connectivity index (χ3n) is 2.90. The van der Waals surface area contributed by atoms with Crippen molar-refractivity contribution in [1.82, 2.24) is 15.3 Å². The molecule has 1 aliphatic heterocycles. The maximum atomic E-state index is 5.64. The topological polar surface area (TPSA) is 59.1 Å². The summed E-state index contributed by atoms with van der Waals surface area (Å²) in [5, 5.41) is 6.65. The monoisotopic (exact) mass is 250 g/mol. The highest BCUT2D eigenvalue weighted by Gasteiger charge is 2.13. The second-order valence-corrected chi connectivity index (χ2v) is 4.99. The molecule has 1 fully saturated rings. The van der Waals surface area contributed by atoms with E-state index in [1.807, 2.05) is 13.0 Å². The van der Waals surface area contributed by atoms with Crippen LogP contribution in [0.1, 0.15) is 31.3 Å². The van der Waals surface area contributed by atoms with Gasteiger partial charge in [-0.3, -0.25) is 0 Å². The van der Waals surface area contributed by atoms with E-state index in [1.165, 1.54) is 0 Å². The Balaban J connectivity index is 1.95. The van der Waals surface area contributed by atoms with Crippen molar-refractivity contribution in [1.29, 1.82) is 0 Å². The molecule has 0 amide bonds. The molecule has 1 aromatic rings. The van der Waals surface area contributed by atoms with Gasteiger partial charge in [-0.2, -0.15) is 0 Å². The van der Waals surface area contributed by atoms with Gasteiger partial charge in [0, 0.05) is 37.3 Å². The molecule has 0 aromatic carbocycles. The van der Waals surface area contributed by atoms with Crippen LogP contribution in [0.25, 0.3) is 0 Å². The van der Waals surface area contributed by atoms with Crippen LogP contribution in [0.4, 0.5) is 5.82 Å². The third kappa shape index (κ3) is 3.65. The number of anilines is 1. The standard InChI is InChI=1S/C13H22N4O/c1-9(2)13-16-10(3)6-12(17-13)15-8-11-7-14-4-5-18-11/h6,9,11,14H,4-5,7-8H2,1-3H3,(H,15,16,17). The summed E-state index contributed by atoms with van der Waals surface area (Å²) in [5.41, 5.74) is 0.999. The molecule has 0 aliphatic carbocycles. The molecular weight excluding hydrogens is 228 g/mol. The van der Waals surface area contributed by atoms with Crippen molar-refractivity contribution >= 4 is 5.82 Å². The minimum Gasteiger partial charge on any atom is -0.374 e. The van der Waals surface area contributed by atoms with Crippen molar-refractivity contribution in [2.24, 2.45) is 0 Å². The van der Waals surface area contributed by atoms with Gasteiger partial charge in [0.25, 0.3) is 0 Å². The quantitative estimate of drug-likeness (QED) is 0.843. The zero-order valence-electron chi connectivity index (χ0n) is 11.4. The van der Waals surface area contributed by atoms with Crippen molar-refractivity contribution in [3.8, 4) is 0 Å². The Morgan fingerprint density at radius 2 is 2.33 bits per heavy atom. The van der Waals surface area contributed by atoms with Crippen molar-refractivity contribution in [3.63, 3.8) is 0 Å². The second-order valence-electron chi connectivity index (χ2n) is 4.99. The smallest absolute Gasteiger partial charge is 0.133 e. The third-order valence-corrected chi connectivity index (χ3v) is 2.90. The minimum atomic E-state index is 0.219. The van der Waals surface area contributed by atoms with Crippen LogP contribution < -0.4 is 10.6 Å². The summed E-state index contributed by atoms with van der Waals surface area (Å²) in [5.74, 6) is 2.12. The number of nitrogens with zero attached hydrogens (tertiary/aromatic N) is 2. The van der Waals surface area contributed by atoms with Crippen molar-refractivity contribution < 1.29 is 4.74 Å². The van der Waals surface area contributed by atoms with Crippen molar-refractivity contribution in [2.75, 3.05) is 31.6 Å². The lowest BCUT2D eigenvalue weighted by Crippen LogP contribution is -2.42. The van der Waals surface area contributed by atoms with Crippen molar-refractivity contribution in [2.45, 2.75) is 32.8 Å². The van der Waals surface area contributed by atoms with Crippen LogP contribution >= 0.6 is 0 Å². The lowest BCUT2D eigenvalue weighted by atomic mass is 10.2. The molecule has 1 aromatic heterocycles. The summed E-state index contributed by atoms with van der Waals surface area (Å²) >= 11 is 0. The molecule has 2 N–H and O–H groups in total. The Bertz CT molecular complexity index is 389. The molecule has 1 saturated heterocycles. The predicted molar refractivity (Wildman–Crippen MR) is 72.0 cm³/mol. The lowest BCUT2D eigenvalue weighted by Gasteiger charge is -2.24. The Morgan fingerprint density at radius 1 is 1.50 bits per heavy atom. The molecule has 1 unspecified atom stereocenters. The molecular formula is C13H22N4O. The van der Waals surface area contributed by atoms with Gasteiger partial charge in [0.05, 0.1) is 12.7 Å². The number of rotatable bonds is 4. The first-order valence-electron chi connectivity index (χ1n) is 6.57. The maximum absolute atomic E-state index is 5.64. The van der Waals surface area contributed by atoms with Crippen molar-refractivity contribution in [3.05, 3.63) is 17.6 Å². The molecule has 2 rings (SSSR count). The van der Waals surface area contributed by atoms with Gasteiger partial charge in [0.1, 0.15) is 11.6 Å². The van der Waals surface area contributed by atoms with Crippen LogP contribution in [0.15, 0.2) is 6.07 Å². The van der Waals surface area contributed by atoms with E-state index in [2.05, 4.69) is 34.4 Å². The van der Waals surface area contributed by atoms with E-state index in [-0.39, 0.29) is 6.10 Å². The molecule has 0 spiro atoms. The van der Waals surface area contributed by atoms with Gasteiger partial charge in [0.15, 0.2) is 0 Å². The summed E-state index contributed by atoms with van der Waals surface area (Å²) in [7, 11) is 0. The lowest BCUT2D eigenvalue weighted by molar-refractivity contribution is 0.0372. The first-order valence-corrected chi connectivity index (χ1v) is 6.57. The molecule has 0 bridgehead atoms. The van der Waals surface area contributed by atoms with Crippen LogP contribution in [0.3, 0.4) is 0 Å². The first-order chi connectivity index (χ1) is 8.65. The molecule has 1 aliphatic rings. The molecule has 2 heterocycles. The average molecular weight is 250 g/mol. The highest BCUT2D eigenvalue weighted by molar-refractivity contribution is 5.36. The maximum Gasteiger partial charge on any atom is 0.133 e. The number of hydrogen-bond donors (Lipinski definition) is 2. The molecule has 0 saturated carbocycles. The number of aryl methyl sites for hydroxylation is 1. The van der Waals surface area contributed by atoms with E-state index in [9.17, 15) is 0 Å². The highest BCUT2D eigenvalue weighted by atomic mass is 16.5. The summed E-state index contributed by atoms with van der Waals surface area (Å²) in [4.78, 5) is 8.95. The van der Waals surface area contributed by atoms with Gasteiger partial charge in [-0.25, -0.2) is 9.97 Å². The van der Waals surface area contributed by atoms with Gasteiger partial charge < -0.3 is 15.4 Å². The highest BCUT2D eigenvalue weighted by Crippen LogP contribution is 2.13. The number of nitrogens with one attached hydrogen (secondary N) is 2. The van der Waals surface area contributed by atoms with Gasteiger partial charge in [0.2, 0.25) is 0 Å². The molecule has 0 radical (unpaired) electrons. The number of ether oxygens (including phenoxy) is 1. The normalized spacial score (nSPS) is 20.1. The Hall–Kier alpha value is -1.20. The van der Waals surface area contributed by atoms with E-state index >= 15 is 0 Å². The van der Waals surface area contributed by atoms with Gasteiger partial charge >= 0.3 is 0 Å². The number of aromatic nitrogens is 2. The second kappa shape index (κ2) is 6.11. The van der Waals surface area contributed by atoms with Crippen LogP contribution in [0.5, 0.6) is 0 Å². The van der Waals surface area contributed by atoms with Gasteiger partial charge in [-0.1, -0.05) is 13.8 Å². The SMILES string of the molecule is Cc1cc(NCC2CNCCO2)nc(C(C)C)n1. The van der Waals surface area contributed by atoms with E-state index in [0.717, 1.165) is 43.6 Å². The Labute approximate surface area is 108 Å². The first kappa shape index (κ1) is 13.2. The van der Waals surface area contributed by atoms with Crippen LogP contribution in [0.2, 0.25) is 0 Å². The molecule has 1 atom stereocenters. The molecule has 5 nitrogen and oxygen atoms in total. The zero-order chi connectivity index (χ0) is 13.0. The molecule has 100 valence electrons. The van der Waals surface area contributed by atoms with Gasteiger partial charge in [-0.05, 0) is 6.92 Å². The fourth-order valence-corrected chi connectivity index (χ4v) is 1.91. The zero-order valence-corrected chi connectivity index (χ0v) is 11.4. The van der Waals surface area contributed by atoms with E-state index in [0.29, 0.717) is 5.92 Å². The van der Waals surface area contributed by atoms with Crippen LogP contribution in [0, 0.1) is 6.92 Å². The Morgan fingerprint density at radius 3 is 3.00 bits per heavy atom. The number of hydrogen-bond acceptors (Lipinski definition) is 5. The fourth-order valence-electron chi connectivity index (χ4n) is 1.91. The summed E-state index contributed by atoms with van der Waals surface area (Å²) in [6, 6.07) is 1.97. The molecule has 5 heteroatoms. The molecule has 18 heavy (non-hydrogen) atoms. The van der Waals surface area contributed by atoms with Crippen LogP contribution in [-0.2, 0) is 4.74 Å². The predicted octanol–water partition coefficient (Wildman–Crippen LogP) is 1.31. The summed E-state index contributed by atoms with van der Waals surface area (Å²) in [6.45, 7) is 9.61. The van der Waals surface area contributed by atoms with E-state index in [1.54, 1.807) is 0 Å². The Kier molecular flexibility index (Phi) is 4.49. The van der Waals surface area contributed by atoms with E-state index < -0.39 is 0 Å². The van der Waals surface area contributed by atoms with Crippen LogP contribution in [-0.4, -0.2) is 42.3 Å². The average Bonchev–Trinajstić information content (AvgIpc) is 2.37. The fraction of sp³-hybridized carbons (Fsp3) is 0.692. The summed E-state index contributed by atoms with van der Waals surface area (Å²) < 4.78 is 5.64. The summed E-state index contributed by atoms with van der Waals surface area (Å²) in [6.07, 6.45) is 0.219. The number of morpholine rings is 1. The van der Waals surface area contributed by atoms with Gasteiger partial charge in [-0.15, -0.1) is 0 Å². The van der Waals surface area contributed by atoms with E-state index in [4.69, 9.17) is 4.74 Å². The minimum absolute atomic E-state index is 0.219.